The highest BCUT2D eigenvalue weighted by Crippen LogP contribution is 2.14. The van der Waals surface area contributed by atoms with Crippen LogP contribution in [0.4, 0.5) is 0 Å². The Morgan fingerprint density at radius 2 is 2.18 bits per heavy atom. The van der Waals surface area contributed by atoms with Crippen molar-refractivity contribution >= 4 is 10.8 Å². The minimum Gasteiger partial charge on any atom is -0.471 e. The summed E-state index contributed by atoms with van der Waals surface area (Å²) in [5, 5.41) is 2.07. The molecule has 0 aliphatic heterocycles. The molecule has 2 rings (SSSR count). The maximum atomic E-state index is 5.42. The molecule has 0 spiro atoms. The van der Waals surface area contributed by atoms with Gasteiger partial charge in [0.2, 0.25) is 0 Å². The largest absolute Gasteiger partial charge is 0.471 e. The fourth-order valence-corrected chi connectivity index (χ4v) is 1.02. The monoisotopic (exact) mass is 148 g/mol. The first-order valence-corrected chi connectivity index (χ1v) is 3.41. The van der Waals surface area contributed by atoms with Crippen molar-refractivity contribution in [2.45, 2.75) is 6.54 Å². The summed E-state index contributed by atoms with van der Waals surface area (Å²) in [7, 11) is 0. The molecule has 0 amide bonds. The van der Waals surface area contributed by atoms with Crippen LogP contribution in [0.3, 0.4) is 0 Å². The van der Waals surface area contributed by atoms with Gasteiger partial charge in [0.05, 0.1) is 18.2 Å². The van der Waals surface area contributed by atoms with Gasteiger partial charge < -0.3 is 10.2 Å². The molecule has 56 valence electrons. The van der Waals surface area contributed by atoms with Gasteiger partial charge in [-0.2, -0.15) is 0 Å². The molecule has 3 heteroatoms. The highest BCUT2D eigenvalue weighted by Gasteiger charge is 1.96. The van der Waals surface area contributed by atoms with E-state index in [2.05, 4.69) is 4.98 Å². The maximum Gasteiger partial charge on any atom is 0.0996 e. The molecule has 11 heavy (non-hydrogen) atoms. The smallest absolute Gasteiger partial charge is 0.0996 e. The lowest BCUT2D eigenvalue weighted by Crippen LogP contribution is -1.97. The SMILES string of the molecule is NCc1cc2cocc2cn1. The normalized spacial score (nSPS) is 10.6. The lowest BCUT2D eigenvalue weighted by atomic mass is 10.2. The molecule has 0 saturated heterocycles. The van der Waals surface area contributed by atoms with Crippen LogP contribution in [0.25, 0.3) is 10.8 Å². The van der Waals surface area contributed by atoms with E-state index < -0.39 is 0 Å². The Balaban J connectivity index is 2.67. The first-order chi connectivity index (χ1) is 5.40. The molecule has 0 radical (unpaired) electrons. The van der Waals surface area contributed by atoms with Crippen molar-refractivity contribution < 1.29 is 4.42 Å². The average Bonchev–Trinajstić information content (AvgIpc) is 2.50. The second-order valence-electron chi connectivity index (χ2n) is 2.38. The van der Waals surface area contributed by atoms with Crippen molar-refractivity contribution in [1.29, 1.82) is 0 Å². The summed E-state index contributed by atoms with van der Waals surface area (Å²) in [5.74, 6) is 0. The van der Waals surface area contributed by atoms with E-state index in [0.29, 0.717) is 6.54 Å². The first-order valence-electron chi connectivity index (χ1n) is 3.41. The van der Waals surface area contributed by atoms with Gasteiger partial charge in [0.1, 0.15) is 0 Å². The molecular weight excluding hydrogens is 140 g/mol. The zero-order valence-electron chi connectivity index (χ0n) is 5.95. The second kappa shape index (κ2) is 2.36. The summed E-state index contributed by atoms with van der Waals surface area (Å²) in [4.78, 5) is 4.11. The van der Waals surface area contributed by atoms with Crippen LogP contribution in [0.2, 0.25) is 0 Å². The van der Waals surface area contributed by atoms with E-state index in [1.807, 2.05) is 6.07 Å². The van der Waals surface area contributed by atoms with Gasteiger partial charge in [-0.05, 0) is 6.07 Å². The minimum atomic E-state index is 0.473. The molecule has 0 aliphatic rings. The molecule has 2 heterocycles. The average molecular weight is 148 g/mol. The third-order valence-corrected chi connectivity index (χ3v) is 1.62. The number of aromatic nitrogens is 1. The van der Waals surface area contributed by atoms with E-state index in [9.17, 15) is 0 Å². The van der Waals surface area contributed by atoms with Crippen molar-refractivity contribution in [2.24, 2.45) is 5.73 Å². The molecular formula is C8H8N2O. The molecule has 0 saturated carbocycles. The van der Waals surface area contributed by atoms with Crippen LogP contribution in [0, 0.1) is 0 Å². The Morgan fingerprint density at radius 3 is 3.00 bits per heavy atom. The molecule has 0 unspecified atom stereocenters. The van der Waals surface area contributed by atoms with Crippen LogP contribution in [0.15, 0.2) is 29.2 Å². The minimum absolute atomic E-state index is 0.473. The second-order valence-corrected chi connectivity index (χ2v) is 2.38. The van der Waals surface area contributed by atoms with Crippen LogP contribution >= 0.6 is 0 Å². The first kappa shape index (κ1) is 6.37. The van der Waals surface area contributed by atoms with E-state index in [1.54, 1.807) is 18.7 Å². The van der Waals surface area contributed by atoms with Crippen molar-refractivity contribution in [1.82, 2.24) is 4.98 Å². The van der Waals surface area contributed by atoms with Gasteiger partial charge in [-0.15, -0.1) is 0 Å². The van der Waals surface area contributed by atoms with Gasteiger partial charge in [-0.3, -0.25) is 4.98 Å². The zero-order chi connectivity index (χ0) is 7.68. The lowest BCUT2D eigenvalue weighted by molar-refractivity contribution is 0.572. The quantitative estimate of drug-likeness (QED) is 0.662. The van der Waals surface area contributed by atoms with E-state index >= 15 is 0 Å². The highest BCUT2D eigenvalue weighted by molar-refractivity contribution is 5.80. The maximum absolute atomic E-state index is 5.42. The molecule has 2 aromatic heterocycles. The van der Waals surface area contributed by atoms with E-state index in [0.717, 1.165) is 16.5 Å². The Hall–Kier alpha value is -1.35. The summed E-state index contributed by atoms with van der Waals surface area (Å²) in [5.41, 5.74) is 6.30. The predicted molar refractivity (Wildman–Crippen MR) is 41.9 cm³/mol. The Labute approximate surface area is 63.8 Å². The fourth-order valence-electron chi connectivity index (χ4n) is 1.02. The van der Waals surface area contributed by atoms with Crippen LogP contribution < -0.4 is 5.73 Å². The van der Waals surface area contributed by atoms with Gasteiger partial charge >= 0.3 is 0 Å². The Bertz CT molecular complexity index is 367. The number of hydrogen-bond donors (Lipinski definition) is 1. The Kier molecular flexibility index (Phi) is 1.36. The highest BCUT2D eigenvalue weighted by atomic mass is 16.3. The van der Waals surface area contributed by atoms with Gasteiger partial charge in [0.25, 0.3) is 0 Å². The van der Waals surface area contributed by atoms with Crippen LogP contribution in [0.5, 0.6) is 0 Å². The molecule has 3 nitrogen and oxygen atoms in total. The summed E-state index contributed by atoms with van der Waals surface area (Å²) in [6.45, 7) is 0.473. The molecule has 2 N–H and O–H groups in total. The van der Waals surface area contributed by atoms with Crippen molar-refractivity contribution in [2.75, 3.05) is 0 Å². The fraction of sp³-hybridized carbons (Fsp3) is 0.125. The molecule has 0 fully saturated rings. The topological polar surface area (TPSA) is 52.0 Å². The number of hydrogen-bond acceptors (Lipinski definition) is 3. The van der Waals surface area contributed by atoms with E-state index in [-0.39, 0.29) is 0 Å². The number of furan rings is 1. The lowest BCUT2D eigenvalue weighted by Gasteiger charge is -1.92. The third kappa shape index (κ3) is 0.991. The molecule has 2 aromatic rings. The summed E-state index contributed by atoms with van der Waals surface area (Å²) < 4.78 is 4.98. The number of nitrogens with two attached hydrogens (primary N) is 1. The third-order valence-electron chi connectivity index (χ3n) is 1.62. The Morgan fingerprint density at radius 1 is 1.36 bits per heavy atom. The van der Waals surface area contributed by atoms with Gasteiger partial charge in [0.15, 0.2) is 0 Å². The predicted octanol–water partition coefficient (Wildman–Crippen LogP) is 1.29. The van der Waals surface area contributed by atoms with Crippen molar-refractivity contribution in [3.63, 3.8) is 0 Å². The molecule has 0 bridgehead atoms. The number of pyridine rings is 1. The molecule has 0 aromatic carbocycles. The van der Waals surface area contributed by atoms with Crippen LogP contribution in [-0.4, -0.2) is 4.98 Å². The van der Waals surface area contributed by atoms with E-state index in [4.69, 9.17) is 10.2 Å². The van der Waals surface area contributed by atoms with Crippen molar-refractivity contribution in [3.05, 3.63) is 30.5 Å². The summed E-state index contributed by atoms with van der Waals surface area (Å²) in [6, 6.07) is 1.93. The van der Waals surface area contributed by atoms with Gasteiger partial charge in [-0.25, -0.2) is 0 Å². The number of rotatable bonds is 1. The van der Waals surface area contributed by atoms with Crippen molar-refractivity contribution in [3.8, 4) is 0 Å². The zero-order valence-corrected chi connectivity index (χ0v) is 5.95. The van der Waals surface area contributed by atoms with Crippen LogP contribution in [0.1, 0.15) is 5.69 Å². The van der Waals surface area contributed by atoms with Crippen LogP contribution in [-0.2, 0) is 6.54 Å². The molecule has 0 aliphatic carbocycles. The number of fused-ring (bicyclic) bond motifs is 1. The van der Waals surface area contributed by atoms with Gasteiger partial charge in [0, 0.05) is 23.5 Å². The molecule has 0 atom stereocenters. The van der Waals surface area contributed by atoms with Gasteiger partial charge in [-0.1, -0.05) is 0 Å². The van der Waals surface area contributed by atoms with E-state index in [1.165, 1.54) is 0 Å². The standard InChI is InChI=1S/C8H8N2O/c9-2-8-1-6-4-11-5-7(6)3-10-8/h1,3-5H,2,9H2. The summed E-state index contributed by atoms with van der Waals surface area (Å²) in [6.07, 6.45) is 5.12. The summed E-state index contributed by atoms with van der Waals surface area (Å²) >= 11 is 0. The number of nitrogens with zero attached hydrogens (tertiary/aromatic N) is 1.